The third kappa shape index (κ3) is 2.13. The molecular formula is C13H21N3. The zero-order valence-corrected chi connectivity index (χ0v) is 10.4. The Kier molecular flexibility index (Phi) is 3.03. The summed E-state index contributed by atoms with van der Waals surface area (Å²) in [7, 11) is 0. The van der Waals surface area contributed by atoms with Crippen molar-refractivity contribution in [1.29, 1.82) is 0 Å². The smallest absolute Gasteiger partial charge is 0.130 e. The van der Waals surface area contributed by atoms with Crippen molar-refractivity contribution in [1.82, 2.24) is 4.98 Å². The molecule has 0 aromatic carbocycles. The summed E-state index contributed by atoms with van der Waals surface area (Å²) < 4.78 is 0. The number of anilines is 2. The van der Waals surface area contributed by atoms with Gasteiger partial charge in [-0.05, 0) is 30.7 Å². The zero-order chi connectivity index (χ0) is 11.7. The van der Waals surface area contributed by atoms with Crippen LogP contribution in [0.2, 0.25) is 0 Å². The van der Waals surface area contributed by atoms with Crippen LogP contribution < -0.4 is 10.6 Å². The molecule has 3 heteroatoms. The predicted octanol–water partition coefficient (Wildman–Crippen LogP) is 2.45. The SMILES string of the molecule is Cc1cnc(N2CCC(C(C)C)C2)cc1N. The minimum absolute atomic E-state index is 0.757. The second kappa shape index (κ2) is 4.32. The molecule has 1 saturated heterocycles. The van der Waals surface area contributed by atoms with E-state index in [2.05, 4.69) is 23.7 Å². The molecule has 0 radical (unpaired) electrons. The Hall–Kier alpha value is -1.25. The normalized spacial score (nSPS) is 20.8. The van der Waals surface area contributed by atoms with Crippen LogP contribution in [0.5, 0.6) is 0 Å². The Balaban J connectivity index is 2.11. The van der Waals surface area contributed by atoms with E-state index < -0.39 is 0 Å². The van der Waals surface area contributed by atoms with Crippen LogP contribution in [0, 0.1) is 18.8 Å². The molecule has 2 N–H and O–H groups in total. The first kappa shape index (κ1) is 11.2. The highest BCUT2D eigenvalue weighted by molar-refractivity contribution is 5.55. The number of pyridine rings is 1. The number of nitrogens with two attached hydrogens (primary N) is 1. The van der Waals surface area contributed by atoms with Crippen molar-refractivity contribution < 1.29 is 0 Å². The van der Waals surface area contributed by atoms with E-state index in [9.17, 15) is 0 Å². The molecule has 1 fully saturated rings. The Labute approximate surface area is 97.7 Å². The molecule has 0 aliphatic carbocycles. The molecule has 1 aromatic heterocycles. The summed E-state index contributed by atoms with van der Waals surface area (Å²) in [5.74, 6) is 2.59. The molecule has 88 valence electrons. The van der Waals surface area contributed by atoms with Gasteiger partial charge in [0, 0.05) is 31.0 Å². The maximum Gasteiger partial charge on any atom is 0.130 e. The van der Waals surface area contributed by atoms with Crippen molar-refractivity contribution in [3.8, 4) is 0 Å². The van der Waals surface area contributed by atoms with E-state index in [0.717, 1.165) is 42.0 Å². The van der Waals surface area contributed by atoms with Gasteiger partial charge < -0.3 is 10.6 Å². The Morgan fingerprint density at radius 1 is 1.50 bits per heavy atom. The zero-order valence-electron chi connectivity index (χ0n) is 10.4. The summed E-state index contributed by atoms with van der Waals surface area (Å²) in [5.41, 5.74) is 7.82. The average molecular weight is 219 g/mol. The molecule has 0 amide bonds. The van der Waals surface area contributed by atoms with Gasteiger partial charge in [0.15, 0.2) is 0 Å². The van der Waals surface area contributed by atoms with Gasteiger partial charge in [0.05, 0.1) is 0 Å². The quantitative estimate of drug-likeness (QED) is 0.830. The fraction of sp³-hybridized carbons (Fsp3) is 0.615. The Morgan fingerprint density at radius 2 is 2.25 bits per heavy atom. The molecule has 3 nitrogen and oxygen atoms in total. The molecular weight excluding hydrogens is 198 g/mol. The molecule has 2 rings (SSSR count). The number of aromatic nitrogens is 1. The molecule has 0 spiro atoms. The molecule has 0 saturated carbocycles. The largest absolute Gasteiger partial charge is 0.398 e. The minimum Gasteiger partial charge on any atom is -0.398 e. The lowest BCUT2D eigenvalue weighted by Crippen LogP contribution is -2.22. The van der Waals surface area contributed by atoms with E-state index in [0.29, 0.717) is 0 Å². The Morgan fingerprint density at radius 3 is 2.81 bits per heavy atom. The predicted molar refractivity (Wildman–Crippen MR) is 68.5 cm³/mol. The van der Waals surface area contributed by atoms with Crippen LogP contribution in [0.3, 0.4) is 0 Å². The van der Waals surface area contributed by atoms with Crippen molar-refractivity contribution in [3.05, 3.63) is 17.8 Å². The van der Waals surface area contributed by atoms with Gasteiger partial charge in [0.25, 0.3) is 0 Å². The van der Waals surface area contributed by atoms with Gasteiger partial charge in [-0.3, -0.25) is 0 Å². The highest BCUT2D eigenvalue weighted by Crippen LogP contribution is 2.28. The van der Waals surface area contributed by atoms with Crippen LogP contribution in [0.25, 0.3) is 0 Å². The van der Waals surface area contributed by atoms with Gasteiger partial charge in [-0.1, -0.05) is 13.8 Å². The van der Waals surface area contributed by atoms with Crippen LogP contribution in [-0.4, -0.2) is 18.1 Å². The van der Waals surface area contributed by atoms with E-state index in [1.54, 1.807) is 0 Å². The molecule has 1 aliphatic rings. The summed E-state index contributed by atoms with van der Waals surface area (Å²) >= 11 is 0. The van der Waals surface area contributed by atoms with Crippen molar-refractivity contribution in [2.75, 3.05) is 23.7 Å². The first-order valence-corrected chi connectivity index (χ1v) is 6.05. The fourth-order valence-electron chi connectivity index (χ4n) is 2.24. The van der Waals surface area contributed by atoms with Gasteiger partial charge >= 0.3 is 0 Å². The first-order chi connectivity index (χ1) is 7.58. The van der Waals surface area contributed by atoms with Gasteiger partial charge in [-0.25, -0.2) is 4.98 Å². The molecule has 1 aromatic rings. The minimum atomic E-state index is 0.757. The van der Waals surface area contributed by atoms with Crippen LogP contribution in [0.15, 0.2) is 12.3 Å². The van der Waals surface area contributed by atoms with Crippen molar-refractivity contribution in [2.24, 2.45) is 11.8 Å². The van der Waals surface area contributed by atoms with Gasteiger partial charge in [-0.15, -0.1) is 0 Å². The number of hydrogen-bond acceptors (Lipinski definition) is 3. The average Bonchev–Trinajstić information content (AvgIpc) is 2.71. The topological polar surface area (TPSA) is 42.2 Å². The number of rotatable bonds is 2. The van der Waals surface area contributed by atoms with Crippen LogP contribution in [0.1, 0.15) is 25.8 Å². The van der Waals surface area contributed by atoms with E-state index in [-0.39, 0.29) is 0 Å². The molecule has 0 bridgehead atoms. The lowest BCUT2D eigenvalue weighted by molar-refractivity contribution is 0.422. The van der Waals surface area contributed by atoms with Crippen molar-refractivity contribution >= 4 is 11.5 Å². The molecule has 16 heavy (non-hydrogen) atoms. The van der Waals surface area contributed by atoms with Crippen LogP contribution in [0.4, 0.5) is 11.5 Å². The van der Waals surface area contributed by atoms with Crippen LogP contribution >= 0.6 is 0 Å². The monoisotopic (exact) mass is 219 g/mol. The van der Waals surface area contributed by atoms with Gasteiger partial charge in [0.2, 0.25) is 0 Å². The van der Waals surface area contributed by atoms with Gasteiger partial charge in [0.1, 0.15) is 5.82 Å². The maximum absolute atomic E-state index is 5.92. The van der Waals surface area contributed by atoms with E-state index >= 15 is 0 Å². The van der Waals surface area contributed by atoms with E-state index in [1.807, 2.05) is 19.2 Å². The lowest BCUT2D eigenvalue weighted by atomic mass is 9.95. The first-order valence-electron chi connectivity index (χ1n) is 6.05. The number of hydrogen-bond donors (Lipinski definition) is 1. The summed E-state index contributed by atoms with van der Waals surface area (Å²) in [6.45, 7) is 8.81. The maximum atomic E-state index is 5.92. The second-order valence-electron chi connectivity index (χ2n) is 5.14. The third-order valence-corrected chi connectivity index (χ3v) is 3.62. The molecule has 1 unspecified atom stereocenters. The van der Waals surface area contributed by atoms with Crippen molar-refractivity contribution in [2.45, 2.75) is 27.2 Å². The summed E-state index contributed by atoms with van der Waals surface area (Å²) in [4.78, 5) is 6.81. The fourth-order valence-corrected chi connectivity index (χ4v) is 2.24. The summed E-state index contributed by atoms with van der Waals surface area (Å²) in [5, 5.41) is 0. The standard InChI is InChI=1S/C13H21N3/c1-9(2)11-4-5-16(8-11)13-6-12(14)10(3)7-15-13/h6-7,9,11H,4-5,8H2,1-3H3,(H2,14,15). The molecule has 1 aliphatic heterocycles. The molecule has 2 heterocycles. The molecule has 1 atom stereocenters. The number of nitrogen functional groups attached to an aromatic ring is 1. The highest BCUT2D eigenvalue weighted by atomic mass is 15.2. The summed E-state index contributed by atoms with van der Waals surface area (Å²) in [6, 6.07) is 2.00. The highest BCUT2D eigenvalue weighted by Gasteiger charge is 2.25. The number of aryl methyl sites for hydroxylation is 1. The number of nitrogens with zero attached hydrogens (tertiary/aromatic N) is 2. The Bertz CT molecular complexity index is 373. The van der Waals surface area contributed by atoms with Crippen molar-refractivity contribution in [3.63, 3.8) is 0 Å². The lowest BCUT2D eigenvalue weighted by Gasteiger charge is -2.19. The third-order valence-electron chi connectivity index (χ3n) is 3.62. The van der Waals surface area contributed by atoms with Crippen LogP contribution in [-0.2, 0) is 0 Å². The van der Waals surface area contributed by atoms with E-state index in [4.69, 9.17) is 5.73 Å². The second-order valence-corrected chi connectivity index (χ2v) is 5.14. The van der Waals surface area contributed by atoms with E-state index in [1.165, 1.54) is 6.42 Å². The summed E-state index contributed by atoms with van der Waals surface area (Å²) in [6.07, 6.45) is 3.14. The van der Waals surface area contributed by atoms with Gasteiger partial charge in [-0.2, -0.15) is 0 Å².